The molecule has 1 heterocycles. The number of nitrogens with one attached hydrogen (secondary N) is 1. The summed E-state index contributed by atoms with van der Waals surface area (Å²) in [4.78, 5) is 10.9. The molecule has 5 heteroatoms. The maximum atomic E-state index is 10.9. The molecule has 1 aromatic heterocycles. The van der Waals surface area contributed by atoms with Crippen molar-refractivity contribution in [3.8, 4) is 0 Å². The molecule has 0 fully saturated rings. The highest BCUT2D eigenvalue weighted by atomic mass is 16.5. The van der Waals surface area contributed by atoms with Crippen molar-refractivity contribution >= 4 is 5.97 Å². The Balaban J connectivity index is 2.82. The number of carboxylic acid groups (broad SMARTS) is 1. The Kier molecular flexibility index (Phi) is 3.14. The molecule has 0 amide bonds. The van der Waals surface area contributed by atoms with Crippen molar-refractivity contribution in [2.45, 2.75) is 39.9 Å². The molecule has 0 unspecified atom stereocenters. The van der Waals surface area contributed by atoms with E-state index in [9.17, 15) is 4.79 Å². The van der Waals surface area contributed by atoms with Gasteiger partial charge >= 0.3 is 5.97 Å². The normalized spacial score (nSPS) is 11.7. The summed E-state index contributed by atoms with van der Waals surface area (Å²) in [5, 5.41) is 15.5. The van der Waals surface area contributed by atoms with Crippen molar-refractivity contribution < 1.29 is 14.6 Å². The predicted octanol–water partition coefficient (Wildman–Crippen LogP) is 1.73. The lowest BCUT2D eigenvalue weighted by atomic mass is 10.1. The molecule has 5 nitrogen and oxygen atoms in total. The molecule has 1 aromatic rings. The number of nitrogens with zero attached hydrogens (tertiary/aromatic N) is 1. The van der Waals surface area contributed by atoms with Gasteiger partial charge < -0.3 is 9.84 Å². The van der Waals surface area contributed by atoms with Gasteiger partial charge in [-0.15, -0.1) is 0 Å². The van der Waals surface area contributed by atoms with Crippen LogP contribution in [0.15, 0.2) is 0 Å². The minimum absolute atomic E-state index is 0.208. The summed E-state index contributed by atoms with van der Waals surface area (Å²) in [6, 6.07) is 0. The number of hydrogen-bond donors (Lipinski definition) is 2. The van der Waals surface area contributed by atoms with Crippen molar-refractivity contribution in [3.05, 3.63) is 17.0 Å². The molecule has 0 radical (unpaired) electrons. The number of ether oxygens (including phenoxy) is 1. The van der Waals surface area contributed by atoms with E-state index in [1.165, 1.54) is 0 Å². The largest absolute Gasteiger partial charge is 0.478 e. The van der Waals surface area contributed by atoms with Crippen molar-refractivity contribution in [1.82, 2.24) is 10.2 Å². The van der Waals surface area contributed by atoms with Crippen LogP contribution in [-0.2, 0) is 11.3 Å². The summed E-state index contributed by atoms with van der Waals surface area (Å²) in [5.41, 5.74) is 0.901. The first-order valence-electron chi connectivity index (χ1n) is 4.72. The second kappa shape index (κ2) is 4.02. The maximum Gasteiger partial charge on any atom is 0.339 e. The van der Waals surface area contributed by atoms with Crippen LogP contribution in [0.5, 0.6) is 0 Å². The van der Waals surface area contributed by atoms with Crippen molar-refractivity contribution in [2.24, 2.45) is 0 Å². The van der Waals surface area contributed by atoms with Crippen molar-refractivity contribution in [3.63, 3.8) is 0 Å². The summed E-state index contributed by atoms with van der Waals surface area (Å²) in [5.74, 6) is -0.978. The topological polar surface area (TPSA) is 75.2 Å². The number of aromatic nitrogens is 2. The minimum Gasteiger partial charge on any atom is -0.478 e. The molecular weight excluding hydrogens is 196 g/mol. The predicted molar refractivity (Wildman–Crippen MR) is 54.8 cm³/mol. The molecule has 0 bridgehead atoms. The lowest BCUT2D eigenvalue weighted by molar-refractivity contribution is -0.0169. The second-order valence-corrected chi connectivity index (χ2v) is 4.37. The molecule has 0 aliphatic heterocycles. The van der Waals surface area contributed by atoms with E-state index in [-0.39, 0.29) is 17.8 Å². The second-order valence-electron chi connectivity index (χ2n) is 4.37. The number of aromatic carboxylic acids is 1. The quantitative estimate of drug-likeness (QED) is 0.800. The van der Waals surface area contributed by atoms with Gasteiger partial charge in [0, 0.05) is 0 Å². The fourth-order valence-electron chi connectivity index (χ4n) is 1.16. The number of hydrogen-bond acceptors (Lipinski definition) is 3. The van der Waals surface area contributed by atoms with E-state index in [0.29, 0.717) is 11.4 Å². The molecule has 0 saturated carbocycles. The molecule has 0 aliphatic rings. The molecular formula is C10H16N2O3. The van der Waals surface area contributed by atoms with E-state index >= 15 is 0 Å². The Morgan fingerprint density at radius 1 is 1.53 bits per heavy atom. The molecule has 0 atom stereocenters. The zero-order valence-corrected chi connectivity index (χ0v) is 9.42. The van der Waals surface area contributed by atoms with Crippen LogP contribution >= 0.6 is 0 Å². The molecule has 1 rings (SSSR count). The van der Waals surface area contributed by atoms with E-state index < -0.39 is 5.97 Å². The van der Waals surface area contributed by atoms with E-state index in [1.807, 2.05) is 20.8 Å². The Bertz CT molecular complexity index is 363. The van der Waals surface area contributed by atoms with Crippen LogP contribution in [-0.4, -0.2) is 26.9 Å². The Morgan fingerprint density at radius 3 is 2.60 bits per heavy atom. The van der Waals surface area contributed by atoms with Crippen LogP contribution in [0, 0.1) is 6.92 Å². The van der Waals surface area contributed by atoms with Gasteiger partial charge in [-0.05, 0) is 27.7 Å². The lowest BCUT2D eigenvalue weighted by Gasteiger charge is -2.18. The van der Waals surface area contributed by atoms with E-state index in [4.69, 9.17) is 9.84 Å². The first kappa shape index (κ1) is 11.7. The molecule has 0 aromatic carbocycles. The summed E-state index contributed by atoms with van der Waals surface area (Å²) in [6.45, 7) is 7.62. The van der Waals surface area contributed by atoms with Crippen LogP contribution in [0.25, 0.3) is 0 Å². The molecule has 84 valence electrons. The minimum atomic E-state index is -0.978. The first-order chi connectivity index (χ1) is 6.81. The Morgan fingerprint density at radius 2 is 2.13 bits per heavy atom. The van der Waals surface area contributed by atoms with Gasteiger partial charge in [0.15, 0.2) is 0 Å². The van der Waals surface area contributed by atoms with E-state index in [0.717, 1.165) is 0 Å². The van der Waals surface area contributed by atoms with Gasteiger partial charge in [-0.2, -0.15) is 5.10 Å². The van der Waals surface area contributed by atoms with Crippen molar-refractivity contribution in [2.75, 3.05) is 0 Å². The summed E-state index contributed by atoms with van der Waals surface area (Å²) in [7, 11) is 0. The van der Waals surface area contributed by atoms with Crippen LogP contribution in [0.2, 0.25) is 0 Å². The van der Waals surface area contributed by atoms with Gasteiger partial charge in [0.05, 0.1) is 23.6 Å². The zero-order valence-electron chi connectivity index (χ0n) is 9.42. The average Bonchev–Trinajstić information content (AvgIpc) is 2.42. The smallest absolute Gasteiger partial charge is 0.339 e. The fourth-order valence-corrected chi connectivity index (χ4v) is 1.16. The van der Waals surface area contributed by atoms with E-state index in [1.54, 1.807) is 6.92 Å². The third kappa shape index (κ3) is 3.06. The van der Waals surface area contributed by atoms with Crippen LogP contribution in [0.4, 0.5) is 0 Å². The molecule has 0 spiro atoms. The SMILES string of the molecule is Cc1n[nH]c(COC(C)(C)C)c1C(=O)O. The Labute approximate surface area is 88.5 Å². The standard InChI is InChI=1S/C10H16N2O3/c1-6-8(9(13)14)7(12-11-6)5-15-10(2,3)4/h5H2,1-4H3,(H,11,12)(H,13,14). The summed E-state index contributed by atoms with van der Waals surface area (Å²) >= 11 is 0. The number of H-pyrrole nitrogens is 1. The van der Waals surface area contributed by atoms with Crippen molar-refractivity contribution in [1.29, 1.82) is 0 Å². The number of rotatable bonds is 3. The third-order valence-corrected chi connectivity index (χ3v) is 1.89. The van der Waals surface area contributed by atoms with Crippen LogP contribution in [0.1, 0.15) is 42.5 Å². The highest BCUT2D eigenvalue weighted by Gasteiger charge is 2.19. The third-order valence-electron chi connectivity index (χ3n) is 1.89. The zero-order chi connectivity index (χ0) is 11.6. The molecule has 2 N–H and O–H groups in total. The number of carboxylic acids is 1. The number of aryl methyl sites for hydroxylation is 1. The van der Waals surface area contributed by atoms with Gasteiger partial charge in [-0.1, -0.05) is 0 Å². The van der Waals surface area contributed by atoms with Gasteiger partial charge in [-0.25, -0.2) is 4.79 Å². The highest BCUT2D eigenvalue weighted by molar-refractivity contribution is 5.90. The monoisotopic (exact) mass is 212 g/mol. The van der Waals surface area contributed by atoms with Crippen LogP contribution < -0.4 is 0 Å². The molecule has 0 saturated heterocycles. The average molecular weight is 212 g/mol. The number of carbonyl (C=O) groups is 1. The van der Waals surface area contributed by atoms with Gasteiger partial charge in [-0.3, -0.25) is 5.10 Å². The van der Waals surface area contributed by atoms with Gasteiger partial charge in [0.1, 0.15) is 5.56 Å². The number of aromatic amines is 1. The highest BCUT2D eigenvalue weighted by Crippen LogP contribution is 2.15. The van der Waals surface area contributed by atoms with E-state index in [2.05, 4.69) is 10.2 Å². The molecule has 0 aliphatic carbocycles. The van der Waals surface area contributed by atoms with Gasteiger partial charge in [0.25, 0.3) is 0 Å². The fraction of sp³-hybridized carbons (Fsp3) is 0.600. The maximum absolute atomic E-state index is 10.9. The Hall–Kier alpha value is -1.36. The van der Waals surface area contributed by atoms with Crippen LogP contribution in [0.3, 0.4) is 0 Å². The van der Waals surface area contributed by atoms with Gasteiger partial charge in [0.2, 0.25) is 0 Å². The lowest BCUT2D eigenvalue weighted by Crippen LogP contribution is -2.19. The summed E-state index contributed by atoms with van der Waals surface area (Å²) < 4.78 is 5.48. The molecule has 15 heavy (non-hydrogen) atoms. The first-order valence-corrected chi connectivity index (χ1v) is 4.72. The summed E-state index contributed by atoms with van der Waals surface area (Å²) in [6.07, 6.45) is 0.